The van der Waals surface area contributed by atoms with Crippen LogP contribution >= 0.6 is 11.6 Å². The summed E-state index contributed by atoms with van der Waals surface area (Å²) in [6.45, 7) is 0. The number of nitrogens with zero attached hydrogens (tertiary/aromatic N) is 2. The van der Waals surface area contributed by atoms with Crippen molar-refractivity contribution < 1.29 is 0 Å². The summed E-state index contributed by atoms with van der Waals surface area (Å²) in [5.41, 5.74) is 9.16. The van der Waals surface area contributed by atoms with Crippen LogP contribution in [-0.4, -0.2) is 4.57 Å². The van der Waals surface area contributed by atoms with Gasteiger partial charge in [0.1, 0.15) is 17.5 Å². The summed E-state index contributed by atoms with van der Waals surface area (Å²) in [6.07, 6.45) is 1.87. The molecule has 0 spiro atoms. The van der Waals surface area contributed by atoms with Gasteiger partial charge in [-0.2, -0.15) is 5.26 Å². The van der Waals surface area contributed by atoms with Crippen LogP contribution in [0.5, 0.6) is 0 Å². The van der Waals surface area contributed by atoms with Gasteiger partial charge in [-0.05, 0) is 29.8 Å². The van der Waals surface area contributed by atoms with Crippen molar-refractivity contribution in [2.75, 3.05) is 5.73 Å². The van der Waals surface area contributed by atoms with E-state index in [4.69, 9.17) is 17.3 Å². The largest absolute Gasteiger partial charge is 0.384 e. The van der Waals surface area contributed by atoms with Gasteiger partial charge in [0, 0.05) is 22.5 Å². The fraction of sp³-hybridized carbons (Fsp3) is 0. The molecule has 0 amide bonds. The van der Waals surface area contributed by atoms with Crippen molar-refractivity contribution >= 4 is 17.4 Å². The third-order valence-corrected chi connectivity index (χ3v) is 3.56. The first-order valence-corrected chi connectivity index (χ1v) is 6.81. The van der Waals surface area contributed by atoms with E-state index < -0.39 is 0 Å². The number of benzene rings is 2. The number of halogens is 1. The lowest BCUT2D eigenvalue weighted by atomic mass is 10.1. The van der Waals surface area contributed by atoms with E-state index in [1.807, 2.05) is 59.3 Å². The van der Waals surface area contributed by atoms with Gasteiger partial charge < -0.3 is 10.3 Å². The Labute approximate surface area is 127 Å². The van der Waals surface area contributed by atoms with Crippen molar-refractivity contribution in [1.29, 1.82) is 5.26 Å². The number of nitrogens with two attached hydrogens (primary N) is 1. The zero-order chi connectivity index (χ0) is 14.8. The quantitative estimate of drug-likeness (QED) is 0.768. The first kappa shape index (κ1) is 13.3. The molecule has 0 aliphatic rings. The van der Waals surface area contributed by atoms with Crippen LogP contribution in [0.2, 0.25) is 5.02 Å². The predicted molar refractivity (Wildman–Crippen MR) is 85.3 cm³/mol. The number of anilines is 1. The average molecular weight is 294 g/mol. The minimum atomic E-state index is 0.429. The molecule has 1 heterocycles. The number of para-hydroxylation sites is 1. The molecule has 0 unspecified atom stereocenters. The maximum absolute atomic E-state index is 9.41. The minimum absolute atomic E-state index is 0.429. The highest BCUT2D eigenvalue weighted by Gasteiger charge is 2.15. The molecular weight excluding hydrogens is 282 g/mol. The topological polar surface area (TPSA) is 54.7 Å². The van der Waals surface area contributed by atoms with Gasteiger partial charge >= 0.3 is 0 Å². The molecule has 0 bridgehead atoms. The van der Waals surface area contributed by atoms with Gasteiger partial charge in [-0.1, -0.05) is 41.9 Å². The second-order valence-electron chi connectivity index (χ2n) is 4.63. The van der Waals surface area contributed by atoms with Gasteiger partial charge in [0.05, 0.1) is 0 Å². The number of hydrogen-bond acceptors (Lipinski definition) is 2. The molecule has 0 aliphatic carbocycles. The van der Waals surface area contributed by atoms with E-state index in [1.54, 1.807) is 6.07 Å². The molecule has 0 aliphatic heterocycles. The van der Waals surface area contributed by atoms with E-state index in [0.717, 1.165) is 16.8 Å². The maximum Gasteiger partial charge on any atom is 0.126 e. The van der Waals surface area contributed by atoms with E-state index in [1.165, 1.54) is 0 Å². The molecule has 4 heteroatoms. The van der Waals surface area contributed by atoms with Crippen LogP contribution in [0.15, 0.2) is 60.8 Å². The molecule has 3 rings (SSSR count). The zero-order valence-corrected chi connectivity index (χ0v) is 11.9. The molecule has 0 atom stereocenters. The maximum atomic E-state index is 9.41. The van der Waals surface area contributed by atoms with Gasteiger partial charge in [0.2, 0.25) is 0 Å². The van der Waals surface area contributed by atoms with Crippen LogP contribution < -0.4 is 5.73 Å². The van der Waals surface area contributed by atoms with Crippen LogP contribution in [0.1, 0.15) is 5.56 Å². The molecule has 1 aromatic heterocycles. The Balaban J connectivity index is 2.22. The van der Waals surface area contributed by atoms with Gasteiger partial charge in [0.15, 0.2) is 0 Å². The van der Waals surface area contributed by atoms with Gasteiger partial charge in [-0.25, -0.2) is 0 Å². The normalized spacial score (nSPS) is 10.3. The molecule has 2 aromatic carbocycles. The summed E-state index contributed by atoms with van der Waals surface area (Å²) < 4.78 is 1.81. The third-order valence-electron chi connectivity index (χ3n) is 3.33. The van der Waals surface area contributed by atoms with Crippen LogP contribution in [-0.2, 0) is 0 Å². The van der Waals surface area contributed by atoms with E-state index in [9.17, 15) is 5.26 Å². The lowest BCUT2D eigenvalue weighted by Crippen LogP contribution is -1.99. The van der Waals surface area contributed by atoms with Crippen molar-refractivity contribution in [2.24, 2.45) is 0 Å². The molecule has 0 saturated carbocycles. The standard InChI is InChI=1S/C17H12ClN3/c18-13-6-4-5-12(9-13)16-11-21(17(20)15(16)10-19)14-7-2-1-3-8-14/h1-9,11H,20H2. The highest BCUT2D eigenvalue weighted by molar-refractivity contribution is 6.30. The Hall–Kier alpha value is -2.70. The minimum Gasteiger partial charge on any atom is -0.384 e. The Kier molecular flexibility index (Phi) is 3.39. The molecule has 102 valence electrons. The Morgan fingerprint density at radius 1 is 1.05 bits per heavy atom. The summed E-state index contributed by atoms with van der Waals surface area (Å²) in [7, 11) is 0. The smallest absolute Gasteiger partial charge is 0.126 e. The van der Waals surface area contributed by atoms with E-state index in [2.05, 4.69) is 6.07 Å². The lowest BCUT2D eigenvalue weighted by molar-refractivity contribution is 1.09. The molecule has 3 nitrogen and oxygen atoms in total. The van der Waals surface area contributed by atoms with Gasteiger partial charge in [-0.3, -0.25) is 0 Å². The van der Waals surface area contributed by atoms with Crippen molar-refractivity contribution in [3.63, 3.8) is 0 Å². The summed E-state index contributed by atoms with van der Waals surface area (Å²) in [5, 5.41) is 10.0. The number of nitriles is 1. The summed E-state index contributed by atoms with van der Waals surface area (Å²) in [6, 6.07) is 19.3. The second kappa shape index (κ2) is 5.35. The average Bonchev–Trinajstić information content (AvgIpc) is 2.85. The van der Waals surface area contributed by atoms with E-state index in [-0.39, 0.29) is 0 Å². The van der Waals surface area contributed by atoms with Crippen molar-refractivity contribution in [1.82, 2.24) is 4.57 Å². The molecule has 2 N–H and O–H groups in total. The number of nitrogen functional groups attached to an aromatic ring is 1. The number of aromatic nitrogens is 1. The van der Waals surface area contributed by atoms with E-state index >= 15 is 0 Å². The number of hydrogen-bond donors (Lipinski definition) is 1. The van der Waals surface area contributed by atoms with Gasteiger partial charge in [0.25, 0.3) is 0 Å². The Bertz CT molecular complexity index is 829. The zero-order valence-electron chi connectivity index (χ0n) is 11.1. The highest BCUT2D eigenvalue weighted by Crippen LogP contribution is 2.32. The van der Waals surface area contributed by atoms with Crippen LogP contribution in [0.4, 0.5) is 5.82 Å². The van der Waals surface area contributed by atoms with Crippen LogP contribution in [0.3, 0.4) is 0 Å². The fourth-order valence-corrected chi connectivity index (χ4v) is 2.51. The molecule has 3 aromatic rings. The summed E-state index contributed by atoms with van der Waals surface area (Å²) >= 11 is 6.03. The first-order valence-electron chi connectivity index (χ1n) is 6.43. The fourth-order valence-electron chi connectivity index (χ4n) is 2.32. The monoisotopic (exact) mass is 293 g/mol. The third kappa shape index (κ3) is 2.37. The summed E-state index contributed by atoms with van der Waals surface area (Å²) in [5.74, 6) is 0.429. The van der Waals surface area contributed by atoms with E-state index in [0.29, 0.717) is 16.4 Å². The van der Waals surface area contributed by atoms with Crippen LogP contribution in [0, 0.1) is 11.3 Å². The molecule has 0 radical (unpaired) electrons. The molecule has 0 saturated heterocycles. The number of rotatable bonds is 2. The van der Waals surface area contributed by atoms with Crippen molar-refractivity contribution in [2.45, 2.75) is 0 Å². The van der Waals surface area contributed by atoms with Crippen molar-refractivity contribution in [3.05, 3.63) is 71.4 Å². The van der Waals surface area contributed by atoms with Crippen LogP contribution in [0.25, 0.3) is 16.8 Å². The Morgan fingerprint density at radius 2 is 1.81 bits per heavy atom. The molecular formula is C17H12ClN3. The molecule has 0 fully saturated rings. The summed E-state index contributed by atoms with van der Waals surface area (Å²) in [4.78, 5) is 0. The second-order valence-corrected chi connectivity index (χ2v) is 5.07. The first-order chi connectivity index (χ1) is 10.2. The SMILES string of the molecule is N#Cc1c(-c2cccc(Cl)c2)cn(-c2ccccc2)c1N. The van der Waals surface area contributed by atoms with Crippen molar-refractivity contribution in [3.8, 4) is 22.9 Å². The Morgan fingerprint density at radius 3 is 2.48 bits per heavy atom. The predicted octanol–water partition coefficient (Wildman–Crippen LogP) is 4.25. The molecule has 21 heavy (non-hydrogen) atoms. The lowest BCUT2D eigenvalue weighted by Gasteiger charge is -2.04. The van der Waals surface area contributed by atoms with Gasteiger partial charge in [-0.15, -0.1) is 0 Å². The highest BCUT2D eigenvalue weighted by atomic mass is 35.5.